The zero-order valence-corrected chi connectivity index (χ0v) is 17.0. The van der Waals surface area contributed by atoms with E-state index in [1.165, 1.54) is 4.90 Å². The van der Waals surface area contributed by atoms with Gasteiger partial charge in [0, 0.05) is 24.4 Å². The minimum absolute atomic E-state index is 0.0787. The lowest BCUT2D eigenvalue weighted by atomic mass is 9.76. The fourth-order valence-corrected chi connectivity index (χ4v) is 5.39. The molecule has 0 bridgehead atoms. The van der Waals surface area contributed by atoms with Crippen LogP contribution >= 0.6 is 11.6 Å². The predicted octanol–water partition coefficient (Wildman–Crippen LogP) is 0.0982. The standard InChI is InChI=1S/C20H23ClN4O4/c1-3-9(2)25-17(27)14-12(7-8-13(22)26)24-20(15(14)18(25)28)10-5-4-6-11(21)16(10)23-19(20)29/h4-6,9,12,14-15,24H,3,7-8H2,1-2H3,(H2,22,26)(H,23,29)/p+1/t9-,12+,14+,15-,20+/m0/s1. The molecule has 2 fully saturated rings. The van der Waals surface area contributed by atoms with E-state index >= 15 is 0 Å². The first-order valence-corrected chi connectivity index (χ1v) is 10.2. The van der Waals surface area contributed by atoms with Gasteiger partial charge >= 0.3 is 0 Å². The largest absolute Gasteiger partial charge is 0.370 e. The van der Waals surface area contributed by atoms with Crippen LogP contribution in [0, 0.1) is 11.8 Å². The molecule has 1 spiro atoms. The summed E-state index contributed by atoms with van der Waals surface area (Å²) in [7, 11) is 0. The first-order chi connectivity index (χ1) is 13.7. The Morgan fingerprint density at radius 2 is 2.07 bits per heavy atom. The molecule has 5 atom stereocenters. The molecule has 29 heavy (non-hydrogen) atoms. The maximum atomic E-state index is 13.5. The van der Waals surface area contributed by atoms with Gasteiger partial charge < -0.3 is 16.4 Å². The molecule has 0 aromatic heterocycles. The average Bonchev–Trinajstić information content (AvgIpc) is 3.26. The highest BCUT2D eigenvalue weighted by atomic mass is 35.5. The molecule has 1 aromatic rings. The third-order valence-corrected chi connectivity index (χ3v) is 6.96. The number of anilines is 1. The lowest BCUT2D eigenvalue weighted by molar-refractivity contribution is -0.734. The number of amides is 4. The van der Waals surface area contributed by atoms with Crippen LogP contribution in [0.3, 0.4) is 0 Å². The van der Waals surface area contributed by atoms with Crippen molar-refractivity contribution >= 4 is 40.9 Å². The number of nitrogens with one attached hydrogen (secondary N) is 1. The number of para-hydroxylation sites is 1. The Morgan fingerprint density at radius 1 is 1.34 bits per heavy atom. The second-order valence-corrected chi connectivity index (χ2v) is 8.54. The molecular weight excluding hydrogens is 396 g/mol. The Kier molecular flexibility index (Phi) is 4.66. The maximum absolute atomic E-state index is 13.5. The summed E-state index contributed by atoms with van der Waals surface area (Å²) in [4.78, 5) is 52.7. The van der Waals surface area contributed by atoms with Crippen molar-refractivity contribution in [3.63, 3.8) is 0 Å². The summed E-state index contributed by atoms with van der Waals surface area (Å²) >= 11 is 6.29. The van der Waals surface area contributed by atoms with Crippen LogP contribution in [-0.2, 0) is 24.7 Å². The second kappa shape index (κ2) is 6.81. The number of carbonyl (C=O) groups excluding carboxylic acids is 4. The molecular formula is C20H24ClN4O4+. The number of hydrogen-bond acceptors (Lipinski definition) is 4. The molecule has 0 aliphatic carbocycles. The van der Waals surface area contributed by atoms with Crippen LogP contribution in [0.1, 0.15) is 38.7 Å². The smallest absolute Gasteiger partial charge is 0.291 e. The van der Waals surface area contributed by atoms with Crippen molar-refractivity contribution in [2.24, 2.45) is 17.6 Å². The summed E-state index contributed by atoms with van der Waals surface area (Å²) in [6, 6.07) is 4.50. The Hall–Kier alpha value is -2.45. The van der Waals surface area contributed by atoms with Gasteiger partial charge in [-0.05, 0) is 25.5 Å². The molecule has 0 saturated carbocycles. The number of quaternary nitrogens is 1. The van der Waals surface area contributed by atoms with Gasteiger partial charge in [0.2, 0.25) is 23.3 Å². The molecule has 0 unspecified atom stereocenters. The summed E-state index contributed by atoms with van der Waals surface area (Å²) in [6.07, 6.45) is 1.01. The van der Waals surface area contributed by atoms with E-state index in [4.69, 9.17) is 17.3 Å². The van der Waals surface area contributed by atoms with E-state index in [9.17, 15) is 19.2 Å². The molecule has 9 heteroatoms. The molecule has 5 N–H and O–H groups in total. The van der Waals surface area contributed by atoms with Crippen molar-refractivity contribution in [1.82, 2.24) is 4.90 Å². The number of hydrogen-bond donors (Lipinski definition) is 3. The number of benzene rings is 1. The monoisotopic (exact) mass is 419 g/mol. The van der Waals surface area contributed by atoms with Crippen molar-refractivity contribution in [1.29, 1.82) is 0 Å². The van der Waals surface area contributed by atoms with E-state index in [0.717, 1.165) is 0 Å². The van der Waals surface area contributed by atoms with E-state index in [2.05, 4.69) is 5.32 Å². The highest BCUT2D eigenvalue weighted by Gasteiger charge is 2.74. The average molecular weight is 420 g/mol. The Labute approximate surface area is 173 Å². The number of halogens is 1. The summed E-state index contributed by atoms with van der Waals surface area (Å²) in [5, 5.41) is 4.98. The third kappa shape index (κ3) is 2.62. The summed E-state index contributed by atoms with van der Waals surface area (Å²) in [6.45, 7) is 3.73. The van der Waals surface area contributed by atoms with Crippen LogP contribution in [0.4, 0.5) is 5.69 Å². The predicted molar refractivity (Wildman–Crippen MR) is 104 cm³/mol. The van der Waals surface area contributed by atoms with E-state index in [1.807, 2.05) is 13.8 Å². The third-order valence-electron chi connectivity index (χ3n) is 6.64. The van der Waals surface area contributed by atoms with Crippen LogP contribution < -0.4 is 16.4 Å². The number of nitrogens with two attached hydrogens (primary N) is 2. The minimum atomic E-state index is -1.28. The molecule has 4 amide bonds. The molecule has 8 nitrogen and oxygen atoms in total. The highest BCUT2D eigenvalue weighted by molar-refractivity contribution is 6.35. The van der Waals surface area contributed by atoms with E-state index in [-0.39, 0.29) is 30.2 Å². The van der Waals surface area contributed by atoms with Crippen molar-refractivity contribution in [2.75, 3.05) is 5.32 Å². The highest BCUT2D eigenvalue weighted by Crippen LogP contribution is 2.51. The molecule has 2 saturated heterocycles. The Bertz CT molecular complexity index is 935. The lowest BCUT2D eigenvalue weighted by Gasteiger charge is -2.28. The molecule has 0 radical (unpaired) electrons. The number of likely N-dealkylation sites (tertiary alicyclic amines) is 1. The van der Waals surface area contributed by atoms with Crippen LogP contribution in [0.5, 0.6) is 0 Å². The van der Waals surface area contributed by atoms with Crippen LogP contribution in [0.2, 0.25) is 5.02 Å². The molecule has 3 aliphatic heterocycles. The number of fused-ring (bicyclic) bond motifs is 4. The van der Waals surface area contributed by atoms with E-state index < -0.39 is 29.3 Å². The zero-order chi connectivity index (χ0) is 21.1. The SMILES string of the molecule is CC[C@H](C)N1C(=O)[C@H]2[C@@H](C1=O)[C@@]1([NH2+][C@@H]2CCC(N)=O)C(=O)Nc2c(Cl)cccc21. The van der Waals surface area contributed by atoms with Crippen molar-refractivity contribution in [3.05, 3.63) is 28.8 Å². The summed E-state index contributed by atoms with van der Waals surface area (Å²) in [5.74, 6) is -2.99. The summed E-state index contributed by atoms with van der Waals surface area (Å²) in [5.41, 5.74) is 5.14. The van der Waals surface area contributed by atoms with Gasteiger partial charge in [-0.1, -0.05) is 24.6 Å². The van der Waals surface area contributed by atoms with Crippen molar-refractivity contribution in [2.45, 2.75) is 50.7 Å². The molecule has 4 rings (SSSR count). The van der Waals surface area contributed by atoms with Gasteiger partial charge in [0.05, 0.1) is 10.7 Å². The topological polar surface area (TPSA) is 126 Å². The van der Waals surface area contributed by atoms with Gasteiger partial charge in [-0.3, -0.25) is 24.1 Å². The number of rotatable bonds is 5. The normalized spacial score (nSPS) is 31.2. The zero-order valence-electron chi connectivity index (χ0n) is 16.3. The second-order valence-electron chi connectivity index (χ2n) is 8.13. The van der Waals surface area contributed by atoms with Gasteiger partial charge in [-0.2, -0.15) is 0 Å². The number of nitrogens with zero attached hydrogens (tertiary/aromatic N) is 1. The van der Waals surface area contributed by atoms with Crippen LogP contribution in [-0.4, -0.2) is 40.6 Å². The first-order valence-electron chi connectivity index (χ1n) is 9.85. The first kappa shape index (κ1) is 19.8. The Morgan fingerprint density at radius 3 is 2.72 bits per heavy atom. The van der Waals surface area contributed by atoms with Gasteiger partial charge in [0.1, 0.15) is 17.9 Å². The van der Waals surface area contributed by atoms with Crippen molar-refractivity contribution < 1.29 is 24.5 Å². The molecule has 3 aliphatic rings. The number of carbonyl (C=O) groups is 4. The fraction of sp³-hybridized carbons (Fsp3) is 0.500. The van der Waals surface area contributed by atoms with Crippen molar-refractivity contribution in [3.8, 4) is 0 Å². The molecule has 154 valence electrons. The molecule has 3 heterocycles. The number of imide groups is 1. The van der Waals surface area contributed by atoms with Gasteiger partial charge in [0.15, 0.2) is 0 Å². The van der Waals surface area contributed by atoms with Gasteiger partial charge in [-0.15, -0.1) is 0 Å². The minimum Gasteiger partial charge on any atom is -0.370 e. The molecule has 1 aromatic carbocycles. The van der Waals surface area contributed by atoms with Crippen LogP contribution in [0.25, 0.3) is 0 Å². The number of primary amides is 1. The maximum Gasteiger partial charge on any atom is 0.291 e. The summed E-state index contributed by atoms with van der Waals surface area (Å²) < 4.78 is 0. The lowest BCUT2D eigenvalue weighted by Crippen LogP contribution is -2.99. The van der Waals surface area contributed by atoms with Gasteiger partial charge in [-0.25, -0.2) is 0 Å². The van der Waals surface area contributed by atoms with Crippen LogP contribution in [0.15, 0.2) is 18.2 Å². The van der Waals surface area contributed by atoms with Gasteiger partial charge in [0.25, 0.3) is 5.91 Å². The fourth-order valence-electron chi connectivity index (χ4n) is 5.17. The van der Waals surface area contributed by atoms with E-state index in [1.54, 1.807) is 23.5 Å². The Balaban J connectivity index is 1.86. The quantitative estimate of drug-likeness (QED) is 0.585. The van der Waals surface area contributed by atoms with E-state index in [0.29, 0.717) is 29.1 Å².